The van der Waals surface area contributed by atoms with Gasteiger partial charge in [-0.05, 0) is 93.9 Å². The zero-order valence-electron chi connectivity index (χ0n) is 18.7. The standard InChI is InChI=1S/C25H15Br4N3O3S2/c26-19-17-18(20(27)22(29)21(19)28)24(35)32(23(17)34)13-6-7-14-15(10-13)37-25(31-14)36-11-16(33)30-9-8-12-4-2-1-3-5-12/h1-7,10H,8-9,11H2,(H,30,33). The topological polar surface area (TPSA) is 79.4 Å². The molecule has 1 aliphatic rings. The Kier molecular flexibility index (Phi) is 8.23. The van der Waals surface area contributed by atoms with E-state index in [1.54, 1.807) is 18.2 Å². The van der Waals surface area contributed by atoms with Crippen molar-refractivity contribution < 1.29 is 14.4 Å². The predicted molar refractivity (Wildman–Crippen MR) is 162 cm³/mol. The summed E-state index contributed by atoms with van der Waals surface area (Å²) < 4.78 is 3.87. The average molecular weight is 789 g/mol. The minimum atomic E-state index is -0.411. The van der Waals surface area contributed by atoms with Gasteiger partial charge in [-0.2, -0.15) is 0 Å². The zero-order valence-corrected chi connectivity index (χ0v) is 26.7. The van der Waals surface area contributed by atoms with Crippen LogP contribution in [0.25, 0.3) is 10.2 Å². The minimum absolute atomic E-state index is 0.0552. The van der Waals surface area contributed by atoms with Crippen molar-refractivity contribution in [3.63, 3.8) is 0 Å². The van der Waals surface area contributed by atoms with Gasteiger partial charge in [-0.25, -0.2) is 9.88 Å². The van der Waals surface area contributed by atoms with Crippen LogP contribution in [0.5, 0.6) is 0 Å². The fraction of sp³-hybridized carbons (Fsp3) is 0.120. The number of carbonyl (C=O) groups is 3. The highest BCUT2D eigenvalue weighted by Gasteiger charge is 2.42. The quantitative estimate of drug-likeness (QED) is 0.0904. The molecule has 0 aliphatic carbocycles. The molecule has 5 rings (SSSR count). The summed E-state index contributed by atoms with van der Waals surface area (Å²) in [6.45, 7) is 0.576. The summed E-state index contributed by atoms with van der Waals surface area (Å²) in [6, 6.07) is 15.3. The maximum absolute atomic E-state index is 13.3. The number of benzene rings is 3. The Hall–Kier alpha value is -1.57. The fourth-order valence-electron chi connectivity index (χ4n) is 3.85. The second-order valence-corrected chi connectivity index (χ2v) is 13.4. The number of halogens is 4. The largest absolute Gasteiger partial charge is 0.355 e. The van der Waals surface area contributed by atoms with E-state index in [0.717, 1.165) is 21.0 Å². The first kappa shape index (κ1) is 27.0. The molecular weight excluding hydrogens is 774 g/mol. The van der Waals surface area contributed by atoms with Gasteiger partial charge in [0.2, 0.25) is 5.91 Å². The normalized spacial score (nSPS) is 12.9. The molecule has 2 heterocycles. The number of thioether (sulfide) groups is 1. The second-order valence-electron chi connectivity index (χ2n) is 7.96. The highest BCUT2D eigenvalue weighted by molar-refractivity contribution is 9.15. The van der Waals surface area contributed by atoms with Crippen molar-refractivity contribution in [2.45, 2.75) is 10.8 Å². The molecule has 0 atom stereocenters. The maximum atomic E-state index is 13.3. The smallest absolute Gasteiger partial charge is 0.267 e. The Bertz CT molecular complexity index is 1530. The highest BCUT2D eigenvalue weighted by atomic mass is 79.9. The lowest BCUT2D eigenvalue weighted by molar-refractivity contribution is -0.118. The Morgan fingerprint density at radius 1 is 0.919 bits per heavy atom. The number of amides is 3. The van der Waals surface area contributed by atoms with Crippen molar-refractivity contribution in [2.24, 2.45) is 0 Å². The first-order valence-electron chi connectivity index (χ1n) is 10.8. The molecule has 1 aromatic heterocycles. The van der Waals surface area contributed by atoms with Crippen molar-refractivity contribution >= 4 is 120 Å². The van der Waals surface area contributed by atoms with Gasteiger partial charge in [-0.1, -0.05) is 42.1 Å². The van der Waals surface area contributed by atoms with Crippen LogP contribution in [0, 0.1) is 0 Å². The van der Waals surface area contributed by atoms with Crippen molar-refractivity contribution in [3.8, 4) is 0 Å². The summed E-state index contributed by atoms with van der Waals surface area (Å²) >= 11 is 16.6. The third-order valence-electron chi connectivity index (χ3n) is 5.62. The SMILES string of the molecule is O=C(CSc1nc2ccc(N3C(=O)c4c(Br)c(Br)c(Br)c(Br)c4C3=O)cc2s1)NCCc1ccccc1. The van der Waals surface area contributed by atoms with E-state index in [1.165, 1.54) is 33.6 Å². The molecule has 4 aromatic rings. The van der Waals surface area contributed by atoms with Crippen LogP contribution >= 0.6 is 86.8 Å². The monoisotopic (exact) mass is 785 g/mol. The molecule has 0 unspecified atom stereocenters. The molecule has 0 saturated carbocycles. The van der Waals surface area contributed by atoms with Gasteiger partial charge in [0.05, 0.1) is 32.8 Å². The summed E-state index contributed by atoms with van der Waals surface area (Å²) in [5, 5.41) is 2.94. The first-order valence-corrected chi connectivity index (χ1v) is 15.8. The Morgan fingerprint density at radius 2 is 1.57 bits per heavy atom. The Balaban J connectivity index is 1.29. The van der Waals surface area contributed by atoms with Gasteiger partial charge < -0.3 is 5.32 Å². The molecule has 37 heavy (non-hydrogen) atoms. The van der Waals surface area contributed by atoms with Crippen molar-refractivity contribution in [1.82, 2.24) is 10.3 Å². The summed E-state index contributed by atoms with van der Waals surface area (Å²) in [6.07, 6.45) is 0.778. The number of fused-ring (bicyclic) bond motifs is 2. The van der Waals surface area contributed by atoms with Crippen LogP contribution in [0.2, 0.25) is 0 Å². The van der Waals surface area contributed by atoms with Crippen LogP contribution < -0.4 is 10.2 Å². The first-order chi connectivity index (χ1) is 17.8. The van der Waals surface area contributed by atoms with Crippen molar-refractivity contribution in [1.29, 1.82) is 0 Å². The molecule has 1 aliphatic heterocycles. The minimum Gasteiger partial charge on any atom is -0.355 e. The highest BCUT2D eigenvalue weighted by Crippen LogP contribution is 2.46. The van der Waals surface area contributed by atoms with E-state index in [9.17, 15) is 14.4 Å². The van der Waals surface area contributed by atoms with Crippen LogP contribution in [-0.2, 0) is 11.2 Å². The number of carbonyl (C=O) groups excluding carboxylic acids is 3. The van der Waals surface area contributed by atoms with Gasteiger partial charge >= 0.3 is 0 Å². The molecule has 0 fully saturated rings. The average Bonchev–Trinajstić information content (AvgIpc) is 3.42. The number of nitrogens with zero attached hydrogens (tertiary/aromatic N) is 2. The van der Waals surface area contributed by atoms with Crippen molar-refractivity contribution in [2.75, 3.05) is 17.2 Å². The number of hydrogen-bond donors (Lipinski definition) is 1. The number of thiazole rings is 1. The molecular formula is C25H15Br4N3O3S2. The van der Waals surface area contributed by atoms with Gasteiger partial charge in [0, 0.05) is 24.4 Å². The van der Waals surface area contributed by atoms with E-state index in [-0.39, 0.29) is 11.7 Å². The van der Waals surface area contributed by atoms with Gasteiger partial charge in [-0.3, -0.25) is 14.4 Å². The Morgan fingerprint density at radius 3 is 2.22 bits per heavy atom. The molecule has 0 bridgehead atoms. The molecule has 188 valence electrons. The number of rotatable bonds is 7. The fourth-order valence-corrected chi connectivity index (χ4v) is 8.23. The van der Waals surface area contributed by atoms with E-state index in [1.807, 2.05) is 30.3 Å². The van der Waals surface area contributed by atoms with Gasteiger partial charge in [0.25, 0.3) is 11.8 Å². The third kappa shape index (κ3) is 5.33. The number of aromatic nitrogens is 1. The lowest BCUT2D eigenvalue weighted by atomic mass is 10.1. The van der Waals surface area contributed by atoms with Crippen LogP contribution in [-0.4, -0.2) is 35.0 Å². The van der Waals surface area contributed by atoms with Crippen LogP contribution in [0.3, 0.4) is 0 Å². The summed E-state index contributed by atoms with van der Waals surface area (Å²) in [5.41, 5.74) is 2.97. The Labute approximate surface area is 254 Å². The lowest BCUT2D eigenvalue weighted by Gasteiger charge is -2.13. The van der Waals surface area contributed by atoms with E-state index in [2.05, 4.69) is 74.0 Å². The van der Waals surface area contributed by atoms with E-state index >= 15 is 0 Å². The molecule has 3 amide bonds. The van der Waals surface area contributed by atoms with Gasteiger partial charge in [0.1, 0.15) is 0 Å². The van der Waals surface area contributed by atoms with E-state index in [0.29, 0.717) is 41.2 Å². The van der Waals surface area contributed by atoms with E-state index < -0.39 is 11.8 Å². The molecule has 12 heteroatoms. The molecule has 6 nitrogen and oxygen atoms in total. The van der Waals surface area contributed by atoms with Crippen molar-refractivity contribution in [3.05, 3.63) is 83.1 Å². The van der Waals surface area contributed by atoms with Crippen LogP contribution in [0.15, 0.2) is 70.8 Å². The zero-order chi connectivity index (χ0) is 26.3. The molecule has 0 radical (unpaired) electrons. The maximum Gasteiger partial charge on any atom is 0.267 e. The summed E-state index contributed by atoms with van der Waals surface area (Å²) in [4.78, 5) is 44.6. The molecule has 3 aromatic carbocycles. The second kappa shape index (κ2) is 11.3. The summed E-state index contributed by atoms with van der Waals surface area (Å²) in [7, 11) is 0. The number of nitrogens with one attached hydrogen (secondary N) is 1. The van der Waals surface area contributed by atoms with Gasteiger partial charge in [0.15, 0.2) is 4.34 Å². The van der Waals surface area contributed by atoms with Gasteiger partial charge in [-0.15, -0.1) is 11.3 Å². The number of imide groups is 1. The van der Waals surface area contributed by atoms with Crippen LogP contribution in [0.4, 0.5) is 5.69 Å². The predicted octanol–water partition coefficient (Wildman–Crippen LogP) is 7.60. The molecule has 1 N–H and O–H groups in total. The number of hydrogen-bond acceptors (Lipinski definition) is 6. The summed E-state index contributed by atoms with van der Waals surface area (Å²) in [5.74, 6) is -0.621. The lowest BCUT2D eigenvalue weighted by Crippen LogP contribution is -2.29. The molecule has 0 spiro atoms. The molecule has 0 saturated heterocycles. The van der Waals surface area contributed by atoms with Crippen LogP contribution in [0.1, 0.15) is 26.3 Å². The van der Waals surface area contributed by atoms with E-state index in [4.69, 9.17) is 0 Å². The third-order valence-corrected chi connectivity index (χ3v) is 12.5. The number of anilines is 1.